The van der Waals surface area contributed by atoms with Crippen molar-refractivity contribution < 1.29 is 25.8 Å². The van der Waals surface area contributed by atoms with Crippen LogP contribution in [0.1, 0.15) is 26.3 Å². The Labute approximate surface area is 284 Å². The molecule has 46 heavy (non-hydrogen) atoms. The first-order chi connectivity index (χ1) is 21.9. The summed E-state index contributed by atoms with van der Waals surface area (Å²) in [5.74, 6) is 1.91. The number of benzene rings is 5. The molecule has 0 saturated carbocycles. The molecule has 230 valence electrons. The summed E-state index contributed by atoms with van der Waals surface area (Å²) in [5.41, 5.74) is 7.23. The minimum Gasteiger partial charge on any atom is -0.473 e. The smallest absolute Gasteiger partial charge is 0.218 e. The van der Waals surface area contributed by atoms with Gasteiger partial charge in [0, 0.05) is 55.5 Å². The van der Waals surface area contributed by atoms with Crippen LogP contribution in [-0.2, 0) is 26.5 Å². The van der Waals surface area contributed by atoms with Crippen molar-refractivity contribution in [3.63, 3.8) is 0 Å². The van der Waals surface area contributed by atoms with E-state index >= 15 is 0 Å². The van der Waals surface area contributed by atoms with E-state index in [4.69, 9.17) is 9.72 Å². The Kier molecular flexibility index (Phi) is 7.66. The standard InChI is InChI=1S/C40H31N4O.Pt/c1-40(2,3)28-24-38(43-27-42(29-14-6-4-7-15-29)35-20-12-13-21-36(35)43)41-39(25-28)45-31-22-23-33-32-18-10-11-19-34(32)44(37(33)26-31)30-16-8-5-9-17-30;/h4-16,18-25,27H,1-3H3;/q-3;. The molecule has 0 unspecified atom stereocenters. The number of nitrogens with zero attached hydrogens (tertiary/aromatic N) is 4. The Hall–Kier alpha value is -4.86. The fourth-order valence-corrected chi connectivity index (χ4v) is 6.01. The maximum atomic E-state index is 6.56. The molecule has 0 amide bonds. The second kappa shape index (κ2) is 11.8. The zero-order valence-electron chi connectivity index (χ0n) is 25.7. The normalized spacial score (nSPS) is 12.8. The van der Waals surface area contributed by atoms with Crippen molar-refractivity contribution in [3.8, 4) is 17.3 Å². The minimum atomic E-state index is -0.128. The van der Waals surface area contributed by atoms with Crippen LogP contribution < -0.4 is 14.5 Å². The number of para-hydroxylation sites is 5. The van der Waals surface area contributed by atoms with Gasteiger partial charge in [-0.05, 0) is 52.8 Å². The first kappa shape index (κ1) is 29.8. The summed E-state index contributed by atoms with van der Waals surface area (Å²) in [7, 11) is 0. The van der Waals surface area contributed by atoms with Crippen LogP contribution in [0.2, 0.25) is 0 Å². The number of anilines is 4. The molecule has 5 aromatic carbocycles. The second-order valence-electron chi connectivity index (χ2n) is 12.3. The summed E-state index contributed by atoms with van der Waals surface area (Å²) < 4.78 is 8.76. The van der Waals surface area contributed by atoms with E-state index in [2.05, 4.69) is 145 Å². The van der Waals surface area contributed by atoms with Gasteiger partial charge in [-0.15, -0.1) is 30.3 Å². The van der Waals surface area contributed by atoms with Crippen LogP contribution in [0.3, 0.4) is 0 Å². The monoisotopic (exact) mass is 778 g/mol. The van der Waals surface area contributed by atoms with Gasteiger partial charge >= 0.3 is 0 Å². The van der Waals surface area contributed by atoms with Crippen LogP contribution in [0.5, 0.6) is 11.6 Å². The quantitative estimate of drug-likeness (QED) is 0.163. The van der Waals surface area contributed by atoms with Gasteiger partial charge in [0.2, 0.25) is 5.88 Å². The molecular weight excluding hydrogens is 748 g/mol. The molecule has 5 nitrogen and oxygen atoms in total. The van der Waals surface area contributed by atoms with Gasteiger partial charge in [0.1, 0.15) is 5.82 Å². The number of hydrogen-bond acceptors (Lipinski definition) is 4. The van der Waals surface area contributed by atoms with Crippen molar-refractivity contribution in [3.05, 3.63) is 152 Å². The van der Waals surface area contributed by atoms with Crippen molar-refractivity contribution in [2.45, 2.75) is 26.2 Å². The van der Waals surface area contributed by atoms with E-state index in [1.807, 2.05) is 36.4 Å². The van der Waals surface area contributed by atoms with E-state index in [1.165, 1.54) is 0 Å². The molecule has 1 aliphatic heterocycles. The summed E-state index contributed by atoms with van der Waals surface area (Å²) in [6.45, 7) is 8.73. The molecule has 8 rings (SSSR count). The summed E-state index contributed by atoms with van der Waals surface area (Å²) in [6, 6.07) is 50.5. The fraction of sp³-hybridized carbons (Fsp3) is 0.100. The molecule has 1 aliphatic rings. The molecule has 0 bridgehead atoms. The van der Waals surface area contributed by atoms with Crippen molar-refractivity contribution in [2.24, 2.45) is 0 Å². The number of ether oxygens (including phenoxy) is 1. The summed E-state index contributed by atoms with van der Waals surface area (Å²) in [6.07, 6.45) is 0. The molecule has 0 atom stereocenters. The van der Waals surface area contributed by atoms with Crippen molar-refractivity contribution >= 4 is 44.7 Å². The molecule has 0 aliphatic carbocycles. The van der Waals surface area contributed by atoms with Gasteiger partial charge < -0.3 is 19.1 Å². The second-order valence-corrected chi connectivity index (χ2v) is 12.3. The van der Waals surface area contributed by atoms with Gasteiger partial charge in [-0.3, -0.25) is 0 Å². The van der Waals surface area contributed by atoms with Gasteiger partial charge in [0.15, 0.2) is 0 Å². The van der Waals surface area contributed by atoms with E-state index in [0.717, 1.165) is 55.9 Å². The number of pyridine rings is 1. The molecule has 0 saturated heterocycles. The van der Waals surface area contributed by atoms with Crippen LogP contribution in [0.15, 0.2) is 127 Å². The molecule has 2 aromatic heterocycles. The largest absolute Gasteiger partial charge is 0.473 e. The topological polar surface area (TPSA) is 33.5 Å². The maximum Gasteiger partial charge on any atom is 0.218 e. The predicted molar refractivity (Wildman–Crippen MR) is 183 cm³/mol. The third kappa shape index (κ3) is 5.25. The average molecular weight is 779 g/mol. The van der Waals surface area contributed by atoms with Gasteiger partial charge in [-0.1, -0.05) is 80.5 Å². The van der Waals surface area contributed by atoms with Gasteiger partial charge in [0.05, 0.1) is 0 Å². The maximum absolute atomic E-state index is 6.56. The minimum absolute atomic E-state index is 0. The van der Waals surface area contributed by atoms with Gasteiger partial charge in [-0.25, -0.2) is 0 Å². The van der Waals surface area contributed by atoms with Crippen LogP contribution in [0.25, 0.3) is 27.5 Å². The van der Waals surface area contributed by atoms with E-state index in [0.29, 0.717) is 11.6 Å². The first-order valence-electron chi connectivity index (χ1n) is 15.1. The Balaban J connectivity index is 0.00000338. The van der Waals surface area contributed by atoms with Crippen LogP contribution in [-0.4, -0.2) is 9.55 Å². The summed E-state index contributed by atoms with van der Waals surface area (Å²) in [5, 5.41) is 2.27. The Morgan fingerprint density at radius 2 is 1.43 bits per heavy atom. The van der Waals surface area contributed by atoms with E-state index in [1.54, 1.807) is 0 Å². The molecule has 0 radical (unpaired) electrons. The third-order valence-electron chi connectivity index (χ3n) is 8.27. The van der Waals surface area contributed by atoms with Crippen LogP contribution in [0.4, 0.5) is 22.9 Å². The third-order valence-corrected chi connectivity index (χ3v) is 8.27. The number of fused-ring (bicyclic) bond motifs is 4. The number of hydrogen-bond donors (Lipinski definition) is 0. The molecule has 0 fully saturated rings. The predicted octanol–water partition coefficient (Wildman–Crippen LogP) is 10.3. The Morgan fingerprint density at radius 3 is 2.20 bits per heavy atom. The number of rotatable bonds is 5. The van der Waals surface area contributed by atoms with E-state index in [-0.39, 0.29) is 26.5 Å². The molecule has 6 heteroatoms. The average Bonchev–Trinajstić information content (AvgIpc) is 3.61. The van der Waals surface area contributed by atoms with Crippen molar-refractivity contribution in [1.29, 1.82) is 0 Å². The van der Waals surface area contributed by atoms with Crippen molar-refractivity contribution in [2.75, 3.05) is 9.80 Å². The first-order valence-corrected chi connectivity index (χ1v) is 15.1. The SMILES string of the molecule is CC(C)(C)c1cc(Oc2[c-]c3c(cc2)c2ccccc2n3-c2[c-]cccc2)nc(N2[CH-]N(c3ccccc3)c3ccccc32)c1.[Pt]. The Morgan fingerprint density at radius 1 is 0.717 bits per heavy atom. The van der Waals surface area contributed by atoms with E-state index in [9.17, 15) is 0 Å². The summed E-state index contributed by atoms with van der Waals surface area (Å²) in [4.78, 5) is 9.40. The zero-order valence-corrected chi connectivity index (χ0v) is 28.0. The Bertz CT molecular complexity index is 2170. The van der Waals surface area contributed by atoms with Crippen molar-refractivity contribution in [1.82, 2.24) is 9.55 Å². The molecule has 0 N–H and O–H groups in total. The molecule has 0 spiro atoms. The number of aromatic nitrogens is 2. The fourth-order valence-electron chi connectivity index (χ4n) is 6.01. The molecular formula is C40H31N4OPt-3. The van der Waals surface area contributed by atoms with Crippen LogP contribution in [0, 0.1) is 18.8 Å². The molecule has 7 aromatic rings. The van der Waals surface area contributed by atoms with Crippen LogP contribution >= 0.6 is 0 Å². The molecule has 3 heterocycles. The van der Waals surface area contributed by atoms with Gasteiger partial charge in [0.25, 0.3) is 0 Å². The zero-order chi connectivity index (χ0) is 30.5. The van der Waals surface area contributed by atoms with Gasteiger partial charge in [-0.2, -0.15) is 35.3 Å². The van der Waals surface area contributed by atoms with E-state index < -0.39 is 0 Å². The summed E-state index contributed by atoms with van der Waals surface area (Å²) >= 11 is 0.